The Morgan fingerprint density at radius 2 is 2.27 bits per heavy atom. The Labute approximate surface area is 160 Å². The average molecular weight is 391 g/mol. The maximum absolute atomic E-state index is 12.5. The molecule has 2 heterocycles. The number of amides is 1. The molecule has 0 aromatic heterocycles. The predicted molar refractivity (Wildman–Crippen MR) is 103 cm³/mol. The molecule has 2 aliphatic heterocycles. The minimum atomic E-state index is -0.967. The monoisotopic (exact) mass is 391 g/mol. The zero-order valence-electron chi connectivity index (χ0n) is 14.2. The lowest BCUT2D eigenvalue weighted by Crippen LogP contribution is -2.30. The van der Waals surface area contributed by atoms with E-state index in [4.69, 9.17) is 26.8 Å². The molecule has 1 unspecified atom stereocenters. The largest absolute Gasteiger partial charge is 0.493 e. The van der Waals surface area contributed by atoms with E-state index in [0.717, 1.165) is 11.1 Å². The number of carbonyl (C=O) groups excluding carboxylic acids is 1. The first-order chi connectivity index (χ1) is 12.4. The van der Waals surface area contributed by atoms with Crippen molar-refractivity contribution in [2.75, 3.05) is 13.7 Å². The smallest absolute Gasteiger partial charge is 0.305 e. The standard InChI is InChI=1S/C18H17NO5S2/c1-10-12(8-11-4-3-5-13(23-2)16(11)24-10)9-14-17(22)19(18(25)26-14)7-6-15(20)21/h3-5,8-10H,6-7H2,1-2H3,(H,20,21)/b14-9-. The Morgan fingerprint density at radius 3 is 2.96 bits per heavy atom. The number of ether oxygens (including phenoxy) is 2. The summed E-state index contributed by atoms with van der Waals surface area (Å²) in [6.07, 6.45) is 3.30. The molecule has 136 valence electrons. The van der Waals surface area contributed by atoms with Crippen molar-refractivity contribution in [1.29, 1.82) is 0 Å². The van der Waals surface area contributed by atoms with Crippen molar-refractivity contribution >= 4 is 46.3 Å². The number of hydrogen-bond donors (Lipinski definition) is 1. The highest BCUT2D eigenvalue weighted by molar-refractivity contribution is 8.26. The van der Waals surface area contributed by atoms with Gasteiger partial charge in [-0.1, -0.05) is 36.1 Å². The van der Waals surface area contributed by atoms with Crippen LogP contribution < -0.4 is 9.47 Å². The van der Waals surface area contributed by atoms with Gasteiger partial charge in [0.2, 0.25) is 0 Å². The summed E-state index contributed by atoms with van der Waals surface area (Å²) in [4.78, 5) is 25.1. The van der Waals surface area contributed by atoms with Crippen molar-refractivity contribution in [2.24, 2.45) is 0 Å². The number of carboxylic acids is 1. The molecule has 1 amide bonds. The summed E-state index contributed by atoms with van der Waals surface area (Å²) >= 11 is 6.38. The van der Waals surface area contributed by atoms with E-state index in [0.29, 0.717) is 20.7 Å². The molecule has 0 saturated carbocycles. The molecule has 0 aliphatic carbocycles. The minimum absolute atomic E-state index is 0.0719. The number of thiocarbonyl (C=S) groups is 1. The lowest BCUT2D eigenvalue weighted by molar-refractivity contribution is -0.137. The third-order valence-corrected chi connectivity index (χ3v) is 5.41. The summed E-state index contributed by atoms with van der Waals surface area (Å²) in [5, 5.41) is 8.81. The number of para-hydroxylation sites is 1. The number of aliphatic carboxylic acids is 1. The van der Waals surface area contributed by atoms with E-state index >= 15 is 0 Å². The second kappa shape index (κ2) is 7.51. The fourth-order valence-corrected chi connectivity index (χ4v) is 3.99. The van der Waals surface area contributed by atoms with E-state index < -0.39 is 5.97 Å². The highest BCUT2D eigenvalue weighted by atomic mass is 32.2. The van der Waals surface area contributed by atoms with Gasteiger partial charge in [-0.2, -0.15) is 0 Å². The molecule has 1 atom stereocenters. The molecule has 2 aliphatic rings. The molecule has 0 spiro atoms. The molecule has 0 radical (unpaired) electrons. The molecular formula is C18H17NO5S2. The molecule has 1 fully saturated rings. The number of carbonyl (C=O) groups is 2. The fraction of sp³-hybridized carbons (Fsp3) is 0.278. The molecular weight excluding hydrogens is 374 g/mol. The van der Waals surface area contributed by atoms with Crippen molar-refractivity contribution < 1.29 is 24.2 Å². The van der Waals surface area contributed by atoms with Gasteiger partial charge in [0, 0.05) is 12.1 Å². The third-order valence-electron chi connectivity index (χ3n) is 4.04. The number of nitrogens with zero attached hydrogens (tertiary/aromatic N) is 1. The van der Waals surface area contributed by atoms with Crippen LogP contribution >= 0.6 is 24.0 Å². The normalized spacial score (nSPS) is 20.7. The maximum Gasteiger partial charge on any atom is 0.305 e. The first-order valence-electron chi connectivity index (χ1n) is 7.93. The molecule has 1 saturated heterocycles. The number of rotatable bonds is 5. The van der Waals surface area contributed by atoms with Crippen molar-refractivity contribution in [3.63, 3.8) is 0 Å². The van der Waals surface area contributed by atoms with Gasteiger partial charge >= 0.3 is 5.97 Å². The van der Waals surface area contributed by atoms with Crippen LogP contribution in [-0.4, -0.2) is 46.0 Å². The topological polar surface area (TPSA) is 76.1 Å². The second-order valence-corrected chi connectivity index (χ2v) is 7.44. The molecule has 26 heavy (non-hydrogen) atoms. The lowest BCUT2D eigenvalue weighted by Gasteiger charge is -2.24. The summed E-state index contributed by atoms with van der Waals surface area (Å²) in [5.41, 5.74) is 1.71. The fourth-order valence-electron chi connectivity index (χ4n) is 2.69. The molecule has 1 aromatic carbocycles. The number of fused-ring (bicyclic) bond motifs is 1. The van der Waals surface area contributed by atoms with Crippen molar-refractivity contribution in [3.8, 4) is 11.5 Å². The van der Waals surface area contributed by atoms with Gasteiger partial charge < -0.3 is 14.6 Å². The Kier molecular flexibility index (Phi) is 5.33. The minimum Gasteiger partial charge on any atom is -0.493 e. The van der Waals surface area contributed by atoms with Crippen molar-refractivity contribution in [2.45, 2.75) is 19.4 Å². The van der Waals surface area contributed by atoms with E-state index in [9.17, 15) is 9.59 Å². The third kappa shape index (κ3) is 3.61. The number of methoxy groups -OCH3 is 1. The average Bonchev–Trinajstić information content (AvgIpc) is 2.86. The summed E-state index contributed by atoms with van der Waals surface area (Å²) in [5.74, 6) is 0.0923. The van der Waals surface area contributed by atoms with Crippen LogP contribution in [0.1, 0.15) is 18.9 Å². The summed E-state index contributed by atoms with van der Waals surface area (Å²) < 4.78 is 11.7. The number of carboxylic acid groups (broad SMARTS) is 1. The zero-order valence-corrected chi connectivity index (χ0v) is 15.9. The number of thioether (sulfide) groups is 1. The predicted octanol–water partition coefficient (Wildman–Crippen LogP) is 3.08. The summed E-state index contributed by atoms with van der Waals surface area (Å²) in [6.45, 7) is 1.96. The van der Waals surface area contributed by atoms with Gasteiger partial charge in [0.05, 0.1) is 18.4 Å². The summed E-state index contributed by atoms with van der Waals surface area (Å²) in [6, 6.07) is 5.62. The SMILES string of the molecule is COc1cccc2c1OC(C)C(/C=C1\SC(=S)N(CCC(=O)O)C1=O)=C2. The maximum atomic E-state index is 12.5. The molecule has 3 rings (SSSR count). The molecule has 1 N–H and O–H groups in total. The molecule has 1 aromatic rings. The van der Waals surface area contributed by atoms with Crippen LogP contribution in [0.25, 0.3) is 6.08 Å². The Bertz CT molecular complexity index is 846. The van der Waals surface area contributed by atoms with Gasteiger partial charge in [-0.15, -0.1) is 0 Å². The van der Waals surface area contributed by atoms with E-state index in [1.165, 1.54) is 16.7 Å². The number of hydrogen-bond acceptors (Lipinski definition) is 6. The van der Waals surface area contributed by atoms with Gasteiger partial charge in [0.1, 0.15) is 10.4 Å². The van der Waals surface area contributed by atoms with Crippen molar-refractivity contribution in [3.05, 3.63) is 40.3 Å². The van der Waals surface area contributed by atoms with Gasteiger partial charge in [-0.05, 0) is 30.7 Å². The number of benzene rings is 1. The Hall–Kier alpha value is -2.32. The highest BCUT2D eigenvalue weighted by Gasteiger charge is 2.33. The van der Waals surface area contributed by atoms with Crippen LogP contribution in [0, 0.1) is 0 Å². The lowest BCUT2D eigenvalue weighted by atomic mass is 10.0. The van der Waals surface area contributed by atoms with E-state index in [1.54, 1.807) is 13.2 Å². The van der Waals surface area contributed by atoms with Gasteiger partial charge in [-0.3, -0.25) is 14.5 Å². The molecule has 6 nitrogen and oxygen atoms in total. The van der Waals surface area contributed by atoms with Crippen LogP contribution in [0.4, 0.5) is 0 Å². The first-order valence-corrected chi connectivity index (χ1v) is 9.15. The Morgan fingerprint density at radius 1 is 1.50 bits per heavy atom. The van der Waals surface area contributed by atoms with Crippen LogP contribution in [0.2, 0.25) is 0 Å². The van der Waals surface area contributed by atoms with E-state index in [-0.39, 0.29) is 25.0 Å². The molecule has 8 heteroatoms. The zero-order chi connectivity index (χ0) is 18.8. The van der Waals surface area contributed by atoms with Crippen molar-refractivity contribution in [1.82, 2.24) is 4.90 Å². The van der Waals surface area contributed by atoms with Crippen LogP contribution in [0.15, 0.2) is 34.8 Å². The second-order valence-electron chi connectivity index (χ2n) is 5.76. The van der Waals surface area contributed by atoms with Crippen LogP contribution in [0.3, 0.4) is 0 Å². The van der Waals surface area contributed by atoms with E-state index in [2.05, 4.69) is 0 Å². The van der Waals surface area contributed by atoms with Gasteiger partial charge in [-0.25, -0.2) is 0 Å². The first kappa shape index (κ1) is 18.5. The van der Waals surface area contributed by atoms with Gasteiger partial charge in [0.25, 0.3) is 5.91 Å². The Balaban J connectivity index is 1.87. The summed E-state index contributed by atoms with van der Waals surface area (Å²) in [7, 11) is 1.59. The quantitative estimate of drug-likeness (QED) is 0.611. The molecule has 0 bridgehead atoms. The highest BCUT2D eigenvalue weighted by Crippen LogP contribution is 2.39. The van der Waals surface area contributed by atoms with Crippen LogP contribution in [0.5, 0.6) is 11.5 Å². The van der Waals surface area contributed by atoms with E-state index in [1.807, 2.05) is 31.2 Å². The van der Waals surface area contributed by atoms with Crippen LogP contribution in [-0.2, 0) is 9.59 Å². The van der Waals surface area contributed by atoms with Gasteiger partial charge in [0.15, 0.2) is 11.5 Å².